The molecule has 0 spiro atoms. The monoisotopic (exact) mass is 385 g/mol. The minimum atomic E-state index is -3.95. The number of nitrogens with zero attached hydrogens (tertiary/aromatic N) is 1. The van der Waals surface area contributed by atoms with Crippen LogP contribution in [0.5, 0.6) is 0 Å². The highest BCUT2D eigenvalue weighted by atomic mass is 32.2. The molecule has 0 saturated heterocycles. The number of nitrogens with one attached hydrogen (secondary N) is 2. The Morgan fingerprint density at radius 3 is 2.36 bits per heavy atom. The van der Waals surface area contributed by atoms with Crippen LogP contribution in [0.1, 0.15) is 6.42 Å². The van der Waals surface area contributed by atoms with Crippen molar-refractivity contribution < 1.29 is 21.6 Å². The van der Waals surface area contributed by atoms with E-state index < -0.39 is 20.0 Å². The van der Waals surface area contributed by atoms with Crippen LogP contribution < -0.4 is 9.44 Å². The summed E-state index contributed by atoms with van der Waals surface area (Å²) >= 11 is 0. The van der Waals surface area contributed by atoms with Crippen LogP contribution in [0.25, 0.3) is 0 Å². The van der Waals surface area contributed by atoms with Crippen LogP contribution in [-0.2, 0) is 24.8 Å². The molecule has 0 amide bonds. The van der Waals surface area contributed by atoms with Crippen molar-refractivity contribution in [3.8, 4) is 0 Å². The highest BCUT2D eigenvalue weighted by molar-refractivity contribution is 7.93. The Balaban J connectivity index is 2.20. The molecule has 0 unspecified atom stereocenters. The summed E-state index contributed by atoms with van der Waals surface area (Å²) in [5, 5.41) is 0. The van der Waals surface area contributed by atoms with Gasteiger partial charge in [0.15, 0.2) is 0 Å². The molecule has 0 aliphatic heterocycles. The fourth-order valence-corrected chi connectivity index (χ4v) is 4.18. The van der Waals surface area contributed by atoms with Gasteiger partial charge < -0.3 is 4.74 Å². The third-order valence-electron chi connectivity index (χ3n) is 3.15. The van der Waals surface area contributed by atoms with Crippen LogP contribution in [-0.4, -0.2) is 42.1 Å². The number of sulfonamides is 2. The first-order valence-corrected chi connectivity index (χ1v) is 10.3. The number of aromatic nitrogens is 1. The largest absolute Gasteiger partial charge is 0.385 e. The molecule has 0 aliphatic rings. The lowest BCUT2D eigenvalue weighted by Crippen LogP contribution is -2.26. The highest BCUT2D eigenvalue weighted by Crippen LogP contribution is 2.18. The molecule has 0 bridgehead atoms. The second-order valence-electron chi connectivity index (χ2n) is 5.04. The summed E-state index contributed by atoms with van der Waals surface area (Å²) in [5.41, 5.74) is 0. The minimum absolute atomic E-state index is 0.131. The van der Waals surface area contributed by atoms with Crippen LogP contribution in [0.2, 0.25) is 0 Å². The summed E-state index contributed by atoms with van der Waals surface area (Å²) in [4.78, 5) is 3.59. The molecule has 8 nitrogen and oxygen atoms in total. The quantitative estimate of drug-likeness (QED) is 0.627. The van der Waals surface area contributed by atoms with Crippen LogP contribution in [0.3, 0.4) is 0 Å². The van der Waals surface area contributed by atoms with Gasteiger partial charge in [-0.2, -0.15) is 0 Å². The molecular formula is C15H19N3O5S2. The molecular weight excluding hydrogens is 366 g/mol. The molecule has 0 aliphatic carbocycles. The van der Waals surface area contributed by atoms with E-state index in [1.165, 1.54) is 37.6 Å². The molecule has 136 valence electrons. The van der Waals surface area contributed by atoms with Crippen molar-refractivity contribution in [1.82, 2.24) is 9.71 Å². The Hall–Kier alpha value is -2.01. The standard InChI is InChI=1S/C15H19N3O5S2/c1-23-11-5-10-17-24(19,20)13-6-4-7-14(12-13)25(21,22)18-15-8-2-3-9-16-15/h2-4,6-9,12,17H,5,10-11H2,1H3,(H,16,18). The third-order valence-corrected chi connectivity index (χ3v) is 5.96. The van der Waals surface area contributed by atoms with Crippen molar-refractivity contribution in [1.29, 1.82) is 0 Å². The summed E-state index contributed by atoms with van der Waals surface area (Å²) in [6.07, 6.45) is 1.96. The van der Waals surface area contributed by atoms with Gasteiger partial charge in [-0.3, -0.25) is 4.72 Å². The highest BCUT2D eigenvalue weighted by Gasteiger charge is 2.19. The third kappa shape index (κ3) is 5.49. The zero-order valence-electron chi connectivity index (χ0n) is 13.5. The Morgan fingerprint density at radius 1 is 1.00 bits per heavy atom. The molecule has 2 aromatic rings. The van der Waals surface area contributed by atoms with E-state index in [-0.39, 0.29) is 22.2 Å². The Labute approximate surface area is 147 Å². The van der Waals surface area contributed by atoms with Crippen molar-refractivity contribution >= 4 is 25.9 Å². The fraction of sp³-hybridized carbons (Fsp3) is 0.267. The maximum atomic E-state index is 12.4. The number of hydrogen-bond acceptors (Lipinski definition) is 6. The number of rotatable bonds is 9. The van der Waals surface area contributed by atoms with E-state index in [2.05, 4.69) is 14.4 Å². The first kappa shape index (κ1) is 19.3. The smallest absolute Gasteiger partial charge is 0.263 e. The van der Waals surface area contributed by atoms with Crippen LogP contribution in [0.15, 0.2) is 58.5 Å². The number of benzene rings is 1. The van der Waals surface area contributed by atoms with Crippen molar-refractivity contribution in [3.05, 3.63) is 48.7 Å². The molecule has 0 saturated carbocycles. The topological polar surface area (TPSA) is 114 Å². The molecule has 1 aromatic carbocycles. The zero-order chi connectivity index (χ0) is 18.3. The van der Waals surface area contributed by atoms with Gasteiger partial charge in [0, 0.05) is 26.5 Å². The first-order chi connectivity index (χ1) is 11.8. The SMILES string of the molecule is COCCCNS(=O)(=O)c1cccc(S(=O)(=O)Nc2ccccn2)c1. The summed E-state index contributed by atoms with van der Waals surface area (Å²) in [7, 11) is -6.23. The fourth-order valence-electron chi connectivity index (χ4n) is 1.93. The minimum Gasteiger partial charge on any atom is -0.385 e. The number of anilines is 1. The van der Waals surface area contributed by atoms with E-state index in [0.29, 0.717) is 13.0 Å². The molecule has 0 atom stereocenters. The van der Waals surface area contributed by atoms with E-state index in [9.17, 15) is 16.8 Å². The number of pyridine rings is 1. The van der Waals surface area contributed by atoms with Gasteiger partial charge >= 0.3 is 0 Å². The lowest BCUT2D eigenvalue weighted by atomic mass is 10.4. The van der Waals surface area contributed by atoms with Gasteiger partial charge in [-0.15, -0.1) is 0 Å². The molecule has 1 heterocycles. The average molecular weight is 385 g/mol. The molecule has 2 rings (SSSR count). The van der Waals surface area contributed by atoms with Gasteiger partial charge in [-0.25, -0.2) is 26.5 Å². The lowest BCUT2D eigenvalue weighted by Gasteiger charge is -2.10. The van der Waals surface area contributed by atoms with Crippen LogP contribution in [0.4, 0.5) is 5.82 Å². The van der Waals surface area contributed by atoms with Gasteiger partial charge in [0.25, 0.3) is 10.0 Å². The summed E-state index contributed by atoms with van der Waals surface area (Å²) in [5.74, 6) is 0.147. The van der Waals surface area contributed by atoms with Gasteiger partial charge in [0.1, 0.15) is 5.82 Å². The molecule has 1 aromatic heterocycles. The maximum absolute atomic E-state index is 12.4. The molecule has 10 heteroatoms. The number of methoxy groups -OCH3 is 1. The second-order valence-corrected chi connectivity index (χ2v) is 8.49. The van der Waals surface area contributed by atoms with Gasteiger partial charge in [0.2, 0.25) is 10.0 Å². The van der Waals surface area contributed by atoms with E-state index in [1.54, 1.807) is 12.1 Å². The zero-order valence-corrected chi connectivity index (χ0v) is 15.2. The van der Waals surface area contributed by atoms with Gasteiger partial charge in [-0.05, 0) is 36.8 Å². The number of hydrogen-bond donors (Lipinski definition) is 2. The van der Waals surface area contributed by atoms with E-state index in [1.807, 2.05) is 0 Å². The van der Waals surface area contributed by atoms with Crippen LogP contribution >= 0.6 is 0 Å². The van der Waals surface area contributed by atoms with E-state index in [4.69, 9.17) is 4.74 Å². The molecule has 2 N–H and O–H groups in total. The summed E-state index contributed by atoms with van der Waals surface area (Å²) in [6.45, 7) is 0.615. The van der Waals surface area contributed by atoms with Crippen molar-refractivity contribution in [2.24, 2.45) is 0 Å². The molecule has 25 heavy (non-hydrogen) atoms. The van der Waals surface area contributed by atoms with Crippen molar-refractivity contribution in [2.45, 2.75) is 16.2 Å². The normalized spacial score (nSPS) is 12.0. The maximum Gasteiger partial charge on any atom is 0.263 e. The predicted molar refractivity (Wildman–Crippen MR) is 93.2 cm³/mol. The van der Waals surface area contributed by atoms with Gasteiger partial charge in [0.05, 0.1) is 9.79 Å². The van der Waals surface area contributed by atoms with Crippen molar-refractivity contribution in [3.63, 3.8) is 0 Å². The Bertz CT molecular complexity index is 900. The number of ether oxygens (including phenoxy) is 1. The van der Waals surface area contributed by atoms with Gasteiger partial charge in [-0.1, -0.05) is 12.1 Å². The first-order valence-electron chi connectivity index (χ1n) is 7.38. The average Bonchev–Trinajstić information content (AvgIpc) is 2.59. The van der Waals surface area contributed by atoms with Crippen LogP contribution in [0, 0.1) is 0 Å². The Morgan fingerprint density at radius 2 is 1.72 bits per heavy atom. The van der Waals surface area contributed by atoms with Crippen molar-refractivity contribution in [2.75, 3.05) is 25.0 Å². The summed E-state index contributed by atoms with van der Waals surface area (Å²) < 4.78 is 58.9. The molecule has 0 radical (unpaired) electrons. The predicted octanol–water partition coefficient (Wildman–Crippen LogP) is 1.20. The van der Waals surface area contributed by atoms with E-state index in [0.717, 1.165) is 6.07 Å². The van der Waals surface area contributed by atoms with E-state index >= 15 is 0 Å². The lowest BCUT2D eigenvalue weighted by molar-refractivity contribution is 0.196. The second kappa shape index (κ2) is 8.39. The Kier molecular flexibility index (Phi) is 6.48. The summed E-state index contributed by atoms with van der Waals surface area (Å²) in [6, 6.07) is 9.90. The molecule has 0 fully saturated rings.